The van der Waals surface area contributed by atoms with E-state index in [1.807, 2.05) is 12.1 Å². The van der Waals surface area contributed by atoms with Crippen molar-refractivity contribution in [2.75, 3.05) is 0 Å². The van der Waals surface area contributed by atoms with Crippen LogP contribution in [0.15, 0.2) is 106 Å². The molecule has 3 rings (SSSR count). The van der Waals surface area contributed by atoms with E-state index in [0.717, 1.165) is 11.5 Å². The topological polar surface area (TPSA) is 9.23 Å². The van der Waals surface area contributed by atoms with Crippen LogP contribution in [0.3, 0.4) is 0 Å². The second-order valence-corrected chi connectivity index (χ2v) is 10.1. The molecule has 1 nitrogen and oxygen atoms in total. The summed E-state index contributed by atoms with van der Waals surface area (Å²) in [5.41, 5.74) is 3.81. The van der Waals surface area contributed by atoms with E-state index in [0.29, 0.717) is 5.92 Å². The molecular weight excluding hydrogens is 408 g/mol. The molecule has 0 spiro atoms. The van der Waals surface area contributed by atoms with Gasteiger partial charge >= 0.3 is 0 Å². The quantitative estimate of drug-likeness (QED) is 0.321. The Hall–Kier alpha value is -2.71. The highest BCUT2D eigenvalue weighted by Crippen LogP contribution is 2.35. The summed E-state index contributed by atoms with van der Waals surface area (Å²) in [5.74, 6) is 2.24. The van der Waals surface area contributed by atoms with Gasteiger partial charge in [-0.05, 0) is 79.4 Å². The molecule has 0 aromatic heterocycles. The maximum atomic E-state index is 6.09. The standard InChI is InChI=1S/C30H34OS/c1-7-24(11-8-22(2)3)30(5,6)25-12-14-26(15-13-25)31-27-16-20-29(21-17-27)32-28-18-9-23(4)10-19-28/h7-22H,1-6H3/b11-8-,24-7+. The summed E-state index contributed by atoms with van der Waals surface area (Å²) in [7, 11) is 0. The third-order valence-electron chi connectivity index (χ3n) is 5.59. The van der Waals surface area contributed by atoms with Gasteiger partial charge < -0.3 is 4.74 Å². The second-order valence-electron chi connectivity index (χ2n) is 8.99. The Morgan fingerprint density at radius 3 is 1.81 bits per heavy atom. The molecule has 0 aliphatic heterocycles. The molecular formula is C30H34OS. The molecule has 0 saturated heterocycles. The summed E-state index contributed by atoms with van der Waals surface area (Å²) in [4.78, 5) is 2.44. The first kappa shape index (κ1) is 23.9. The Kier molecular flexibility index (Phi) is 8.04. The molecule has 2 heteroatoms. The Morgan fingerprint density at radius 2 is 1.31 bits per heavy atom. The molecule has 0 amide bonds. The first-order valence-electron chi connectivity index (χ1n) is 11.3. The van der Waals surface area contributed by atoms with Crippen molar-refractivity contribution in [3.63, 3.8) is 0 Å². The maximum Gasteiger partial charge on any atom is 0.127 e. The summed E-state index contributed by atoms with van der Waals surface area (Å²) < 4.78 is 6.09. The van der Waals surface area contributed by atoms with Gasteiger partial charge in [0.05, 0.1) is 0 Å². The number of benzene rings is 3. The van der Waals surface area contributed by atoms with Crippen molar-refractivity contribution in [3.05, 3.63) is 108 Å². The molecule has 0 atom stereocenters. The summed E-state index contributed by atoms with van der Waals surface area (Å²) in [5, 5.41) is 0. The van der Waals surface area contributed by atoms with Crippen molar-refractivity contribution in [1.29, 1.82) is 0 Å². The summed E-state index contributed by atoms with van der Waals surface area (Å²) in [6.45, 7) is 13.2. The van der Waals surface area contributed by atoms with Gasteiger partial charge in [-0.2, -0.15) is 0 Å². The largest absolute Gasteiger partial charge is 0.457 e. The van der Waals surface area contributed by atoms with Crippen LogP contribution < -0.4 is 4.74 Å². The minimum Gasteiger partial charge on any atom is -0.457 e. The first-order chi connectivity index (χ1) is 15.3. The number of rotatable bonds is 8. The fraction of sp³-hybridized carbons (Fsp3) is 0.267. The van der Waals surface area contributed by atoms with Crippen molar-refractivity contribution in [2.45, 2.75) is 56.7 Å². The van der Waals surface area contributed by atoms with Crippen molar-refractivity contribution in [3.8, 4) is 11.5 Å². The molecule has 3 aromatic carbocycles. The Balaban J connectivity index is 1.66. The predicted octanol–water partition coefficient (Wildman–Crippen LogP) is 9.37. The lowest BCUT2D eigenvalue weighted by Crippen LogP contribution is -2.19. The lowest BCUT2D eigenvalue weighted by atomic mass is 9.77. The van der Waals surface area contributed by atoms with Crippen molar-refractivity contribution >= 4 is 11.8 Å². The molecule has 0 N–H and O–H groups in total. The van der Waals surface area contributed by atoms with Crippen LogP contribution in [-0.2, 0) is 5.41 Å². The number of ether oxygens (including phenoxy) is 1. The lowest BCUT2D eigenvalue weighted by molar-refractivity contribution is 0.481. The molecule has 32 heavy (non-hydrogen) atoms. The Labute approximate surface area is 198 Å². The number of hydrogen-bond acceptors (Lipinski definition) is 2. The van der Waals surface area contributed by atoms with E-state index in [9.17, 15) is 0 Å². The van der Waals surface area contributed by atoms with Gasteiger partial charge in [0.25, 0.3) is 0 Å². The Bertz CT molecular complexity index is 1050. The molecule has 0 bridgehead atoms. The van der Waals surface area contributed by atoms with Crippen molar-refractivity contribution < 1.29 is 4.74 Å². The van der Waals surface area contributed by atoms with E-state index >= 15 is 0 Å². The minimum absolute atomic E-state index is 0.0620. The van der Waals surface area contributed by atoms with Gasteiger partial charge in [-0.1, -0.05) is 87.5 Å². The van der Waals surface area contributed by atoms with E-state index in [-0.39, 0.29) is 5.41 Å². The summed E-state index contributed by atoms with van der Waals surface area (Å²) in [6.07, 6.45) is 6.72. The minimum atomic E-state index is -0.0620. The highest BCUT2D eigenvalue weighted by molar-refractivity contribution is 7.99. The van der Waals surface area contributed by atoms with Crippen molar-refractivity contribution in [1.82, 2.24) is 0 Å². The van der Waals surface area contributed by atoms with Crippen LogP contribution in [0.25, 0.3) is 0 Å². The number of allylic oxidation sites excluding steroid dienone is 4. The van der Waals surface area contributed by atoms with E-state index < -0.39 is 0 Å². The van der Waals surface area contributed by atoms with Gasteiger partial charge in [0.1, 0.15) is 11.5 Å². The zero-order valence-electron chi connectivity index (χ0n) is 20.1. The van der Waals surface area contributed by atoms with E-state index in [4.69, 9.17) is 4.74 Å². The Morgan fingerprint density at radius 1 is 0.812 bits per heavy atom. The fourth-order valence-electron chi connectivity index (χ4n) is 3.52. The SMILES string of the molecule is C/C=C(\C=C/C(C)C)C(C)(C)c1ccc(Oc2ccc(Sc3ccc(C)cc3)cc2)cc1. The van der Waals surface area contributed by atoms with Crippen LogP contribution >= 0.6 is 11.8 Å². The smallest absolute Gasteiger partial charge is 0.127 e. The van der Waals surface area contributed by atoms with E-state index in [2.05, 4.69) is 120 Å². The second kappa shape index (κ2) is 10.7. The monoisotopic (exact) mass is 442 g/mol. The lowest BCUT2D eigenvalue weighted by Gasteiger charge is -2.27. The molecule has 0 heterocycles. The van der Waals surface area contributed by atoms with Gasteiger partial charge in [0, 0.05) is 15.2 Å². The van der Waals surface area contributed by atoms with Crippen LogP contribution in [0.4, 0.5) is 0 Å². The number of hydrogen-bond donors (Lipinski definition) is 0. The zero-order chi connectivity index (χ0) is 23.1. The third-order valence-corrected chi connectivity index (χ3v) is 6.60. The maximum absolute atomic E-state index is 6.09. The molecule has 0 unspecified atom stereocenters. The van der Waals surface area contributed by atoms with Gasteiger partial charge in [-0.25, -0.2) is 0 Å². The molecule has 0 fully saturated rings. The van der Waals surface area contributed by atoms with Gasteiger partial charge in [-0.15, -0.1) is 0 Å². The molecule has 0 aliphatic carbocycles. The van der Waals surface area contributed by atoms with E-state index in [1.54, 1.807) is 11.8 Å². The van der Waals surface area contributed by atoms with Crippen LogP contribution in [0.2, 0.25) is 0 Å². The summed E-state index contributed by atoms with van der Waals surface area (Å²) in [6, 6.07) is 25.3. The van der Waals surface area contributed by atoms with Gasteiger partial charge in [0.2, 0.25) is 0 Å². The van der Waals surface area contributed by atoms with Crippen LogP contribution in [-0.4, -0.2) is 0 Å². The molecule has 3 aromatic rings. The van der Waals surface area contributed by atoms with Crippen LogP contribution in [0.5, 0.6) is 11.5 Å². The average molecular weight is 443 g/mol. The van der Waals surface area contributed by atoms with Gasteiger partial charge in [-0.3, -0.25) is 0 Å². The van der Waals surface area contributed by atoms with Crippen LogP contribution in [0.1, 0.15) is 45.7 Å². The number of aryl methyl sites for hydroxylation is 1. The first-order valence-corrected chi connectivity index (χ1v) is 12.1. The predicted molar refractivity (Wildman–Crippen MR) is 139 cm³/mol. The summed E-state index contributed by atoms with van der Waals surface area (Å²) >= 11 is 1.76. The fourth-order valence-corrected chi connectivity index (χ4v) is 4.34. The average Bonchev–Trinajstić information content (AvgIpc) is 2.77. The molecule has 166 valence electrons. The molecule has 0 saturated carbocycles. The van der Waals surface area contributed by atoms with Gasteiger partial charge in [0.15, 0.2) is 0 Å². The van der Waals surface area contributed by atoms with Crippen LogP contribution in [0, 0.1) is 12.8 Å². The normalized spacial score (nSPS) is 12.5. The van der Waals surface area contributed by atoms with Crippen molar-refractivity contribution in [2.24, 2.45) is 5.92 Å². The third kappa shape index (κ3) is 6.40. The molecule has 0 aliphatic rings. The zero-order valence-corrected chi connectivity index (χ0v) is 20.9. The highest BCUT2D eigenvalue weighted by atomic mass is 32.2. The highest BCUT2D eigenvalue weighted by Gasteiger charge is 2.23. The molecule has 0 radical (unpaired) electrons. The van der Waals surface area contributed by atoms with E-state index in [1.165, 1.54) is 26.5 Å².